The molecule has 2 nitrogen and oxygen atoms in total. The highest BCUT2D eigenvalue weighted by molar-refractivity contribution is 9.10. The van der Waals surface area contributed by atoms with E-state index in [0.29, 0.717) is 0 Å². The molecule has 0 saturated carbocycles. The summed E-state index contributed by atoms with van der Waals surface area (Å²) >= 11 is 3.45. The van der Waals surface area contributed by atoms with Gasteiger partial charge in [-0.05, 0) is 35.3 Å². The first-order valence-electron chi connectivity index (χ1n) is 7.28. The maximum atomic E-state index is 12.2. The van der Waals surface area contributed by atoms with Gasteiger partial charge in [0.05, 0.1) is 13.0 Å². The molecule has 0 heterocycles. The van der Waals surface area contributed by atoms with E-state index in [-0.39, 0.29) is 17.8 Å². The minimum atomic E-state index is -0.151. The van der Waals surface area contributed by atoms with Crippen LogP contribution in [-0.2, 0) is 9.53 Å². The van der Waals surface area contributed by atoms with Crippen molar-refractivity contribution in [3.8, 4) is 0 Å². The SMILES string of the molecule is COC(=O)[C@@H]1CC(c2ccccc2)=C[C@@H]1c1ccc(Br)cc1. The number of hydrogen-bond donors (Lipinski definition) is 0. The summed E-state index contributed by atoms with van der Waals surface area (Å²) in [7, 11) is 1.46. The first kappa shape index (κ1) is 15.0. The molecule has 0 unspecified atom stereocenters. The van der Waals surface area contributed by atoms with Crippen molar-refractivity contribution >= 4 is 27.5 Å². The Morgan fingerprint density at radius 3 is 2.41 bits per heavy atom. The average Bonchev–Trinajstić information content (AvgIpc) is 3.01. The zero-order valence-corrected chi connectivity index (χ0v) is 13.9. The van der Waals surface area contributed by atoms with Gasteiger partial charge < -0.3 is 4.74 Å². The molecule has 2 atom stereocenters. The molecule has 0 aliphatic heterocycles. The summed E-state index contributed by atoms with van der Waals surface area (Å²) in [6, 6.07) is 18.4. The summed E-state index contributed by atoms with van der Waals surface area (Å²) in [6.07, 6.45) is 2.93. The van der Waals surface area contributed by atoms with Gasteiger partial charge >= 0.3 is 5.97 Å². The number of allylic oxidation sites excluding steroid dienone is 2. The summed E-state index contributed by atoms with van der Waals surface area (Å²) in [6.45, 7) is 0. The molecule has 0 amide bonds. The van der Waals surface area contributed by atoms with Crippen LogP contribution in [-0.4, -0.2) is 13.1 Å². The lowest BCUT2D eigenvalue weighted by atomic mass is 9.89. The van der Waals surface area contributed by atoms with Crippen LogP contribution < -0.4 is 0 Å². The third-order valence-corrected chi connectivity index (χ3v) is 4.69. The Labute approximate surface area is 138 Å². The summed E-state index contributed by atoms with van der Waals surface area (Å²) in [5.74, 6) is -0.229. The highest BCUT2D eigenvalue weighted by Crippen LogP contribution is 2.42. The average molecular weight is 357 g/mol. The van der Waals surface area contributed by atoms with E-state index in [0.717, 1.165) is 16.5 Å². The van der Waals surface area contributed by atoms with Gasteiger partial charge in [0, 0.05) is 10.4 Å². The molecule has 1 aliphatic carbocycles. The van der Waals surface area contributed by atoms with Crippen LogP contribution in [0.15, 0.2) is 65.1 Å². The number of esters is 1. The topological polar surface area (TPSA) is 26.3 Å². The standard InChI is InChI=1S/C19H17BrO2/c1-22-19(21)18-12-15(13-5-3-2-4-6-13)11-17(18)14-7-9-16(20)10-8-14/h2-11,17-18H,12H2,1H3/t17-,18-/m1/s1. The molecule has 2 aromatic carbocycles. The summed E-state index contributed by atoms with van der Waals surface area (Å²) in [5.41, 5.74) is 3.53. The highest BCUT2D eigenvalue weighted by atomic mass is 79.9. The number of ether oxygens (including phenoxy) is 1. The molecule has 0 aromatic heterocycles. The number of hydrogen-bond acceptors (Lipinski definition) is 2. The van der Waals surface area contributed by atoms with E-state index < -0.39 is 0 Å². The maximum absolute atomic E-state index is 12.2. The normalized spacial score (nSPS) is 20.5. The number of benzene rings is 2. The molecule has 0 saturated heterocycles. The van der Waals surface area contributed by atoms with Crippen molar-refractivity contribution in [3.63, 3.8) is 0 Å². The minimum absolute atomic E-state index is 0.0655. The van der Waals surface area contributed by atoms with Crippen LogP contribution in [0.1, 0.15) is 23.5 Å². The highest BCUT2D eigenvalue weighted by Gasteiger charge is 2.35. The fourth-order valence-corrected chi connectivity index (χ4v) is 3.29. The van der Waals surface area contributed by atoms with E-state index in [1.807, 2.05) is 30.3 Å². The number of halogens is 1. The molecule has 0 spiro atoms. The molecule has 22 heavy (non-hydrogen) atoms. The van der Waals surface area contributed by atoms with Gasteiger partial charge in [-0.3, -0.25) is 4.79 Å². The number of rotatable bonds is 3. The number of carbonyl (C=O) groups excluding carboxylic acids is 1. The van der Waals surface area contributed by atoms with E-state index in [4.69, 9.17) is 4.74 Å². The van der Waals surface area contributed by atoms with Gasteiger partial charge in [0.1, 0.15) is 0 Å². The number of methoxy groups -OCH3 is 1. The molecule has 0 N–H and O–H groups in total. The van der Waals surface area contributed by atoms with E-state index in [1.54, 1.807) is 0 Å². The van der Waals surface area contributed by atoms with Gasteiger partial charge in [-0.15, -0.1) is 0 Å². The quantitative estimate of drug-likeness (QED) is 0.737. The largest absolute Gasteiger partial charge is 0.469 e. The van der Waals surface area contributed by atoms with E-state index >= 15 is 0 Å². The molecule has 1 aliphatic rings. The van der Waals surface area contributed by atoms with Crippen molar-refractivity contribution in [1.82, 2.24) is 0 Å². The first-order valence-corrected chi connectivity index (χ1v) is 8.08. The Morgan fingerprint density at radius 2 is 1.77 bits per heavy atom. The lowest BCUT2D eigenvalue weighted by Crippen LogP contribution is -2.19. The monoisotopic (exact) mass is 356 g/mol. The van der Waals surface area contributed by atoms with Gasteiger partial charge in [0.25, 0.3) is 0 Å². The van der Waals surface area contributed by atoms with Gasteiger partial charge in [-0.25, -0.2) is 0 Å². The van der Waals surface area contributed by atoms with Crippen LogP contribution in [0.5, 0.6) is 0 Å². The molecular weight excluding hydrogens is 340 g/mol. The van der Waals surface area contributed by atoms with Gasteiger partial charge in [-0.1, -0.05) is 64.5 Å². The minimum Gasteiger partial charge on any atom is -0.469 e. The van der Waals surface area contributed by atoms with Crippen LogP contribution in [0.4, 0.5) is 0 Å². The summed E-state index contributed by atoms with van der Waals surface area (Å²) < 4.78 is 6.05. The second-order valence-electron chi connectivity index (χ2n) is 5.47. The van der Waals surface area contributed by atoms with Crippen LogP contribution in [0, 0.1) is 5.92 Å². The van der Waals surface area contributed by atoms with E-state index in [1.165, 1.54) is 18.2 Å². The summed E-state index contributed by atoms with van der Waals surface area (Å²) in [4.78, 5) is 12.2. The molecule has 3 heteroatoms. The van der Waals surface area contributed by atoms with Gasteiger partial charge in [0.15, 0.2) is 0 Å². The zero-order chi connectivity index (χ0) is 15.5. The van der Waals surface area contributed by atoms with E-state index in [2.05, 4.69) is 46.3 Å². The fourth-order valence-electron chi connectivity index (χ4n) is 3.03. The van der Waals surface area contributed by atoms with Crippen LogP contribution >= 0.6 is 15.9 Å². The third-order valence-electron chi connectivity index (χ3n) is 4.16. The van der Waals surface area contributed by atoms with Crippen molar-refractivity contribution in [2.45, 2.75) is 12.3 Å². The Bertz CT molecular complexity index is 689. The van der Waals surface area contributed by atoms with Gasteiger partial charge in [0.2, 0.25) is 0 Å². The molecule has 3 rings (SSSR count). The Hall–Kier alpha value is -1.87. The number of carbonyl (C=O) groups is 1. The molecule has 2 aromatic rings. The zero-order valence-electron chi connectivity index (χ0n) is 12.3. The Morgan fingerprint density at radius 1 is 1.09 bits per heavy atom. The summed E-state index contributed by atoms with van der Waals surface area (Å²) in [5, 5.41) is 0. The Kier molecular flexibility index (Phi) is 4.44. The second kappa shape index (κ2) is 6.49. The van der Waals surface area contributed by atoms with Crippen LogP contribution in [0.2, 0.25) is 0 Å². The predicted octanol–water partition coefficient (Wildman–Crippen LogP) is 4.81. The van der Waals surface area contributed by atoms with Crippen molar-refractivity contribution in [1.29, 1.82) is 0 Å². The van der Waals surface area contributed by atoms with Gasteiger partial charge in [-0.2, -0.15) is 0 Å². The molecular formula is C19H17BrO2. The van der Waals surface area contributed by atoms with Crippen molar-refractivity contribution in [2.75, 3.05) is 7.11 Å². The smallest absolute Gasteiger partial charge is 0.309 e. The third kappa shape index (κ3) is 3.00. The maximum Gasteiger partial charge on any atom is 0.309 e. The second-order valence-corrected chi connectivity index (χ2v) is 6.38. The van der Waals surface area contributed by atoms with E-state index in [9.17, 15) is 4.79 Å². The lowest BCUT2D eigenvalue weighted by Gasteiger charge is -2.17. The first-order chi connectivity index (χ1) is 10.7. The Balaban J connectivity index is 1.97. The van der Waals surface area contributed by atoms with Crippen molar-refractivity contribution in [2.24, 2.45) is 5.92 Å². The van der Waals surface area contributed by atoms with Crippen molar-refractivity contribution < 1.29 is 9.53 Å². The molecule has 112 valence electrons. The molecule has 0 radical (unpaired) electrons. The van der Waals surface area contributed by atoms with Crippen LogP contribution in [0.25, 0.3) is 5.57 Å². The predicted molar refractivity (Wildman–Crippen MR) is 91.4 cm³/mol. The van der Waals surface area contributed by atoms with Crippen molar-refractivity contribution in [3.05, 3.63) is 76.3 Å². The molecule has 0 fully saturated rings. The molecule has 0 bridgehead atoms. The lowest BCUT2D eigenvalue weighted by molar-refractivity contribution is -0.145. The van der Waals surface area contributed by atoms with Crippen LogP contribution in [0.3, 0.4) is 0 Å². The fraction of sp³-hybridized carbons (Fsp3) is 0.211.